The standard InChI is InChI=1S/C45H25N5/c46-26-29-16-22-42-39(23-29)37-10-1-3-12-40(37)50(42)44-24-30(27-47)15-21-36(44)33-8-5-7-32(25-33)31-17-19-35(20-18-31)49-41-13-4-2-11-38(41)45-34(28-48)9-6-14-43(45)49/h1-25H. The molecule has 0 fully saturated rings. The van der Waals surface area contributed by atoms with Gasteiger partial charge in [0.05, 0.1) is 62.7 Å². The molecule has 0 bridgehead atoms. The molecule has 0 N–H and O–H groups in total. The number of hydrogen-bond acceptors (Lipinski definition) is 3. The van der Waals surface area contributed by atoms with Crippen molar-refractivity contribution in [3.63, 3.8) is 0 Å². The van der Waals surface area contributed by atoms with Gasteiger partial charge in [-0.3, -0.25) is 0 Å². The first-order chi connectivity index (χ1) is 24.7. The van der Waals surface area contributed by atoms with Gasteiger partial charge in [-0.25, -0.2) is 0 Å². The summed E-state index contributed by atoms with van der Waals surface area (Å²) in [5, 5.41) is 33.5. The summed E-state index contributed by atoms with van der Waals surface area (Å²) >= 11 is 0. The van der Waals surface area contributed by atoms with Gasteiger partial charge >= 0.3 is 0 Å². The molecule has 0 aliphatic carbocycles. The van der Waals surface area contributed by atoms with Crippen molar-refractivity contribution in [3.8, 4) is 51.8 Å². The molecular formula is C45H25N5. The van der Waals surface area contributed by atoms with Crippen molar-refractivity contribution in [2.75, 3.05) is 0 Å². The van der Waals surface area contributed by atoms with Crippen LogP contribution in [0.15, 0.2) is 152 Å². The van der Waals surface area contributed by atoms with E-state index in [9.17, 15) is 15.8 Å². The fourth-order valence-electron chi connectivity index (χ4n) is 7.39. The summed E-state index contributed by atoms with van der Waals surface area (Å²) in [5.74, 6) is 0. The summed E-state index contributed by atoms with van der Waals surface area (Å²) in [5.41, 5.74) is 12.0. The van der Waals surface area contributed by atoms with E-state index in [-0.39, 0.29) is 0 Å². The first-order valence-electron chi connectivity index (χ1n) is 16.3. The van der Waals surface area contributed by atoms with E-state index in [0.717, 1.165) is 77.2 Å². The fraction of sp³-hybridized carbons (Fsp3) is 0. The predicted octanol–water partition coefficient (Wildman–Crippen LogP) is 10.8. The van der Waals surface area contributed by atoms with Crippen molar-refractivity contribution < 1.29 is 0 Å². The minimum absolute atomic E-state index is 0.571. The maximum atomic E-state index is 9.93. The van der Waals surface area contributed by atoms with Crippen molar-refractivity contribution in [1.82, 2.24) is 9.13 Å². The normalized spacial score (nSPS) is 11.1. The Morgan fingerprint density at radius 2 is 1.04 bits per heavy atom. The van der Waals surface area contributed by atoms with Gasteiger partial charge < -0.3 is 9.13 Å². The van der Waals surface area contributed by atoms with E-state index < -0.39 is 0 Å². The lowest BCUT2D eigenvalue weighted by Gasteiger charge is -2.16. The smallest absolute Gasteiger partial charge is 0.0998 e. The van der Waals surface area contributed by atoms with E-state index in [2.05, 4.69) is 106 Å². The highest BCUT2D eigenvalue weighted by Crippen LogP contribution is 2.39. The number of nitriles is 3. The minimum Gasteiger partial charge on any atom is -0.309 e. The molecule has 5 heteroatoms. The van der Waals surface area contributed by atoms with Crippen molar-refractivity contribution >= 4 is 43.6 Å². The Morgan fingerprint density at radius 3 is 1.82 bits per heavy atom. The molecule has 0 saturated heterocycles. The number of fused-ring (bicyclic) bond motifs is 6. The van der Waals surface area contributed by atoms with Crippen molar-refractivity contribution in [1.29, 1.82) is 15.8 Å². The predicted molar refractivity (Wildman–Crippen MR) is 200 cm³/mol. The average molecular weight is 636 g/mol. The first kappa shape index (κ1) is 28.8. The molecule has 5 nitrogen and oxygen atoms in total. The number of hydrogen-bond donors (Lipinski definition) is 0. The summed E-state index contributed by atoms with van der Waals surface area (Å²) in [6.07, 6.45) is 0. The molecule has 0 aliphatic heterocycles. The molecule has 50 heavy (non-hydrogen) atoms. The largest absolute Gasteiger partial charge is 0.309 e. The molecule has 230 valence electrons. The molecule has 0 radical (unpaired) electrons. The van der Waals surface area contributed by atoms with Gasteiger partial charge in [-0.15, -0.1) is 0 Å². The van der Waals surface area contributed by atoms with Crippen LogP contribution in [0.1, 0.15) is 16.7 Å². The van der Waals surface area contributed by atoms with Gasteiger partial charge in [-0.2, -0.15) is 15.8 Å². The quantitative estimate of drug-likeness (QED) is 0.193. The highest BCUT2D eigenvalue weighted by atomic mass is 15.0. The first-order valence-corrected chi connectivity index (χ1v) is 16.3. The lowest BCUT2D eigenvalue weighted by atomic mass is 9.96. The summed E-state index contributed by atoms with van der Waals surface area (Å²) in [4.78, 5) is 0. The van der Waals surface area contributed by atoms with Crippen LogP contribution in [0.25, 0.3) is 77.2 Å². The summed E-state index contributed by atoms with van der Waals surface area (Å²) in [6.45, 7) is 0. The maximum Gasteiger partial charge on any atom is 0.0998 e. The number of rotatable bonds is 4. The van der Waals surface area contributed by atoms with Crippen LogP contribution in [-0.4, -0.2) is 9.13 Å². The van der Waals surface area contributed by atoms with Crippen LogP contribution in [0.3, 0.4) is 0 Å². The third-order valence-corrected chi connectivity index (χ3v) is 9.62. The van der Waals surface area contributed by atoms with Crippen LogP contribution in [0, 0.1) is 34.0 Å². The number of nitrogens with zero attached hydrogens (tertiary/aromatic N) is 5. The van der Waals surface area contributed by atoms with Crippen LogP contribution < -0.4 is 0 Å². The van der Waals surface area contributed by atoms with Crippen molar-refractivity contribution in [3.05, 3.63) is 168 Å². The minimum atomic E-state index is 0.571. The van der Waals surface area contributed by atoms with E-state index in [1.165, 1.54) is 0 Å². The second-order valence-electron chi connectivity index (χ2n) is 12.3. The molecule has 0 unspecified atom stereocenters. The fourth-order valence-corrected chi connectivity index (χ4v) is 7.39. The Bertz CT molecular complexity index is 2960. The molecule has 0 aliphatic rings. The summed E-state index contributed by atoms with van der Waals surface area (Å²) in [7, 11) is 0. The Kier molecular flexibility index (Phi) is 6.56. The Labute approximate surface area is 287 Å². The molecule has 7 aromatic carbocycles. The zero-order chi connectivity index (χ0) is 33.8. The highest BCUT2D eigenvalue weighted by Gasteiger charge is 2.18. The van der Waals surface area contributed by atoms with Crippen LogP contribution in [0.5, 0.6) is 0 Å². The molecule has 2 heterocycles. The van der Waals surface area contributed by atoms with Gasteiger partial charge in [-0.1, -0.05) is 78.9 Å². The van der Waals surface area contributed by atoms with Gasteiger partial charge in [-0.05, 0) is 89.5 Å². The molecule has 2 aromatic heterocycles. The van der Waals surface area contributed by atoms with E-state index in [4.69, 9.17) is 0 Å². The molecule has 9 rings (SSSR count). The van der Waals surface area contributed by atoms with Crippen molar-refractivity contribution in [2.24, 2.45) is 0 Å². The van der Waals surface area contributed by atoms with Gasteiger partial charge in [0.1, 0.15) is 0 Å². The third kappa shape index (κ3) is 4.38. The number of para-hydroxylation sites is 2. The highest BCUT2D eigenvalue weighted by molar-refractivity contribution is 6.12. The molecular weight excluding hydrogens is 611 g/mol. The third-order valence-electron chi connectivity index (χ3n) is 9.62. The zero-order valence-electron chi connectivity index (χ0n) is 26.7. The van der Waals surface area contributed by atoms with Gasteiger partial charge in [0.2, 0.25) is 0 Å². The van der Waals surface area contributed by atoms with E-state index >= 15 is 0 Å². The van der Waals surface area contributed by atoms with E-state index in [1.807, 2.05) is 72.8 Å². The SMILES string of the molecule is N#Cc1ccc(-c2cccc(-c3ccc(-n4c5ccccc5c5c(C#N)cccc54)cc3)c2)c(-n2c3ccccc3c3cc(C#N)ccc32)c1. The van der Waals surface area contributed by atoms with Gasteiger partial charge in [0.15, 0.2) is 0 Å². The molecule has 0 spiro atoms. The van der Waals surface area contributed by atoms with E-state index in [1.54, 1.807) is 0 Å². The van der Waals surface area contributed by atoms with Crippen molar-refractivity contribution in [2.45, 2.75) is 0 Å². The van der Waals surface area contributed by atoms with Gasteiger partial charge in [0.25, 0.3) is 0 Å². The second-order valence-corrected chi connectivity index (χ2v) is 12.3. The van der Waals surface area contributed by atoms with E-state index in [0.29, 0.717) is 16.7 Å². The molecule has 0 atom stereocenters. The molecule has 0 amide bonds. The average Bonchev–Trinajstić information content (AvgIpc) is 3.70. The molecule has 9 aromatic rings. The lowest BCUT2D eigenvalue weighted by Crippen LogP contribution is -1.98. The maximum absolute atomic E-state index is 9.93. The Balaban J connectivity index is 1.18. The van der Waals surface area contributed by atoms with Crippen LogP contribution in [0.2, 0.25) is 0 Å². The van der Waals surface area contributed by atoms with Gasteiger partial charge in [0, 0.05) is 32.8 Å². The number of aromatic nitrogens is 2. The van der Waals surface area contributed by atoms with Crippen LogP contribution >= 0.6 is 0 Å². The molecule has 0 saturated carbocycles. The Hall–Kier alpha value is -7.39. The van der Waals surface area contributed by atoms with Crippen LogP contribution in [-0.2, 0) is 0 Å². The Morgan fingerprint density at radius 1 is 0.400 bits per heavy atom. The van der Waals surface area contributed by atoms with Crippen LogP contribution in [0.4, 0.5) is 0 Å². The lowest BCUT2D eigenvalue weighted by molar-refractivity contribution is 1.18. The summed E-state index contributed by atoms with van der Waals surface area (Å²) < 4.78 is 4.42. The number of benzene rings is 7. The zero-order valence-corrected chi connectivity index (χ0v) is 26.7. The summed E-state index contributed by atoms with van der Waals surface area (Å²) in [6, 6.07) is 57.9. The monoisotopic (exact) mass is 635 g/mol. The second kappa shape index (κ2) is 11.4. The topological polar surface area (TPSA) is 81.2 Å².